The molecule has 2 heterocycles. The minimum atomic E-state index is -0.202. The van der Waals surface area contributed by atoms with Gasteiger partial charge in [-0.2, -0.15) is 0 Å². The van der Waals surface area contributed by atoms with Crippen molar-refractivity contribution in [2.45, 2.75) is 19.9 Å². The van der Waals surface area contributed by atoms with Gasteiger partial charge in [0.25, 0.3) is 5.91 Å². The van der Waals surface area contributed by atoms with Crippen LogP contribution in [0.5, 0.6) is 5.75 Å². The third kappa shape index (κ3) is 5.21. The fraction of sp³-hybridized carbons (Fsp3) is 0.121. The van der Waals surface area contributed by atoms with Gasteiger partial charge in [0, 0.05) is 10.6 Å². The van der Waals surface area contributed by atoms with Gasteiger partial charge in [-0.3, -0.25) is 4.79 Å². The van der Waals surface area contributed by atoms with Crippen LogP contribution in [0, 0.1) is 6.92 Å². The summed E-state index contributed by atoms with van der Waals surface area (Å²) in [6.45, 7) is 2.18. The van der Waals surface area contributed by atoms with Crippen LogP contribution in [-0.2, 0) is 17.8 Å². The number of hydrogen-bond donors (Lipinski definition) is 1. The van der Waals surface area contributed by atoms with Crippen LogP contribution in [0.25, 0.3) is 26.2 Å². The predicted octanol–water partition coefficient (Wildman–Crippen LogP) is 5.52. The van der Waals surface area contributed by atoms with Crippen molar-refractivity contribution in [1.29, 1.82) is 0 Å². The van der Waals surface area contributed by atoms with Crippen molar-refractivity contribution < 1.29 is 14.3 Å². The maximum atomic E-state index is 13.5. The molecule has 0 saturated carbocycles. The van der Waals surface area contributed by atoms with Gasteiger partial charge in [0.1, 0.15) is 5.75 Å². The zero-order chi connectivity index (χ0) is 29.4. The van der Waals surface area contributed by atoms with Crippen molar-refractivity contribution in [3.63, 3.8) is 0 Å². The third-order valence-corrected chi connectivity index (χ3v) is 9.91. The van der Waals surface area contributed by atoms with E-state index in [0.717, 1.165) is 31.8 Å². The minimum Gasteiger partial charge on any atom is -0.268 e. The monoisotopic (exact) mass is 643 g/mol. The van der Waals surface area contributed by atoms with E-state index in [0.29, 0.717) is 34.1 Å². The Morgan fingerprint density at radius 1 is 0.929 bits per heavy atom. The smallest absolute Gasteiger partial charge is 0.268 e. The first kappa shape index (κ1) is 27.8. The van der Waals surface area contributed by atoms with Gasteiger partial charge in [0.05, 0.1) is 7.11 Å². The molecule has 0 radical (unpaired) electrons. The molecule has 0 atom stereocenters. The number of fused-ring (bicyclic) bond motifs is 2. The van der Waals surface area contributed by atoms with E-state index in [4.69, 9.17) is 16.3 Å². The van der Waals surface area contributed by atoms with Crippen molar-refractivity contribution in [3.05, 3.63) is 129 Å². The van der Waals surface area contributed by atoms with Crippen LogP contribution < -0.4 is 15.6 Å². The fourth-order valence-electron chi connectivity index (χ4n) is 5.11. The molecule has 7 nitrogen and oxygen atoms in total. The van der Waals surface area contributed by atoms with E-state index < -0.39 is 0 Å². The van der Waals surface area contributed by atoms with E-state index in [1.54, 1.807) is 42.0 Å². The van der Waals surface area contributed by atoms with Crippen molar-refractivity contribution >= 4 is 58.7 Å². The van der Waals surface area contributed by atoms with Crippen LogP contribution in [0.1, 0.15) is 27.2 Å². The second-order valence-corrected chi connectivity index (χ2v) is 12.4. The number of nitrogens with zero attached hydrogens (tertiary/aromatic N) is 2. The number of halogens is 1. The Kier molecular flexibility index (Phi) is 7.60. The molecule has 1 amide bonds. The molecule has 9 heteroatoms. The van der Waals surface area contributed by atoms with Crippen molar-refractivity contribution in [3.8, 4) is 11.4 Å². The molecule has 6 rings (SSSR count). The van der Waals surface area contributed by atoms with Gasteiger partial charge in [-0.15, -0.1) is 0 Å². The Morgan fingerprint density at radius 2 is 1.67 bits per heavy atom. The Hall–Kier alpha value is -4.36. The Morgan fingerprint density at radius 3 is 2.38 bits per heavy atom. The Labute approximate surface area is 252 Å². The number of rotatable bonds is 7. The summed E-state index contributed by atoms with van der Waals surface area (Å²) in [7, 11) is 1.58. The summed E-state index contributed by atoms with van der Waals surface area (Å²) >= 11 is 5.93. The molecule has 0 unspecified atom stereocenters. The molecule has 0 bridgehead atoms. The number of hydrogen-bond acceptors (Lipinski definition) is 4. The number of nitrogens with one attached hydrogen (secondary N) is 1. The molecule has 42 heavy (non-hydrogen) atoms. The molecule has 0 spiro atoms. The summed E-state index contributed by atoms with van der Waals surface area (Å²) in [4.78, 5) is 39.5. The van der Waals surface area contributed by atoms with Crippen LogP contribution in [0.3, 0.4) is 0 Å². The number of carbonyl (C=O) groups excluding carboxylic acids is 2. The van der Waals surface area contributed by atoms with Crippen LogP contribution >= 0.6 is 11.6 Å². The third-order valence-electron chi connectivity index (χ3n) is 7.33. The average molecular weight is 643 g/mol. The summed E-state index contributed by atoms with van der Waals surface area (Å²) < 4.78 is 9.97. The van der Waals surface area contributed by atoms with Crippen molar-refractivity contribution in [2.24, 2.45) is 0 Å². The number of aromatic nitrogens is 2. The van der Waals surface area contributed by atoms with Crippen LogP contribution in [-0.4, -0.2) is 41.8 Å². The zero-order valence-electron chi connectivity index (χ0n) is 22.9. The normalized spacial score (nSPS) is 11.2. The van der Waals surface area contributed by atoms with Gasteiger partial charge in [-0.1, -0.05) is 11.6 Å². The van der Waals surface area contributed by atoms with Crippen LogP contribution in [0.2, 0.25) is 5.02 Å². The summed E-state index contributed by atoms with van der Waals surface area (Å²) in [6, 6.07) is 27.6. The summed E-state index contributed by atoms with van der Waals surface area (Å²) in [5, 5.41) is 5.10. The fourth-order valence-corrected chi connectivity index (χ4v) is 7.33. The Balaban J connectivity index is 1.22. The second kappa shape index (κ2) is 11.5. The van der Waals surface area contributed by atoms with E-state index >= 15 is 0 Å². The molecule has 4 aromatic carbocycles. The van der Waals surface area contributed by atoms with Crippen molar-refractivity contribution in [1.82, 2.24) is 13.4 Å². The van der Waals surface area contributed by atoms with E-state index in [9.17, 15) is 14.4 Å². The molecule has 0 fully saturated rings. The van der Waals surface area contributed by atoms with Gasteiger partial charge < -0.3 is 4.74 Å². The second-order valence-electron chi connectivity index (χ2n) is 9.90. The minimum absolute atomic E-state index is 0.0207. The standard InChI is InChI=1S/C33H26ClN3O4Se/c1-20-27(28-17-25(41-2)15-16-29(28)36(20)32(39)22-9-11-23(34)12-10-22)18-31(38)35-19-21-7-13-24(14-8-21)37-33(40)26-5-3-4-6-30(26)42-37/h3-17H,18-19H2,1-2H3,(H,35,38). The topological polar surface area (TPSA) is 82.3 Å². The number of carbonyl (C=O) groups is 2. The molecule has 0 saturated heterocycles. The van der Waals surface area contributed by atoms with Gasteiger partial charge in [-0.25, -0.2) is 0 Å². The van der Waals surface area contributed by atoms with E-state index in [2.05, 4.69) is 5.32 Å². The van der Waals surface area contributed by atoms with Crippen LogP contribution in [0.15, 0.2) is 95.8 Å². The SMILES string of the molecule is COc1ccc2c(c1)c(CC(=O)NCc1ccc(-n3[se]c4ccccc4c3=O)cc1)c(C)n2C(=O)c1ccc(Cl)cc1. The molecule has 210 valence electrons. The Bertz CT molecular complexity index is 2020. The van der Waals surface area contributed by atoms with Gasteiger partial charge in [0.15, 0.2) is 0 Å². The van der Waals surface area contributed by atoms with E-state index in [1.807, 2.05) is 71.1 Å². The summed E-state index contributed by atoms with van der Waals surface area (Å²) in [5.74, 6) is 0.268. The molecular formula is C33H26ClN3O4Se. The number of methoxy groups -OCH3 is 1. The first-order valence-electron chi connectivity index (χ1n) is 13.3. The molecule has 0 aliphatic carbocycles. The molecule has 2 aromatic heterocycles. The van der Waals surface area contributed by atoms with E-state index in [1.165, 1.54) is 0 Å². The van der Waals surface area contributed by atoms with Gasteiger partial charge in [-0.05, 0) is 36.4 Å². The quantitative estimate of drug-likeness (QED) is 0.233. The zero-order valence-corrected chi connectivity index (χ0v) is 25.4. The van der Waals surface area contributed by atoms with Crippen LogP contribution in [0.4, 0.5) is 0 Å². The maximum absolute atomic E-state index is 13.5. The van der Waals surface area contributed by atoms with Gasteiger partial charge >= 0.3 is 167 Å². The predicted molar refractivity (Wildman–Crippen MR) is 166 cm³/mol. The van der Waals surface area contributed by atoms with E-state index in [-0.39, 0.29) is 38.5 Å². The summed E-state index contributed by atoms with van der Waals surface area (Å²) in [5.41, 5.74) is 4.43. The first-order chi connectivity index (χ1) is 20.3. The number of amides is 1. The number of ether oxygens (including phenoxy) is 1. The first-order valence-corrected chi connectivity index (χ1v) is 15.3. The van der Waals surface area contributed by atoms with Crippen molar-refractivity contribution in [2.75, 3.05) is 7.11 Å². The molecular weight excluding hydrogens is 617 g/mol. The molecule has 1 N–H and O–H groups in total. The average Bonchev–Trinajstić information content (AvgIpc) is 3.49. The van der Waals surface area contributed by atoms with Gasteiger partial charge in [0.2, 0.25) is 0 Å². The molecule has 0 aliphatic rings. The molecule has 0 aliphatic heterocycles. The molecule has 6 aromatic rings. The number of benzene rings is 4. The summed E-state index contributed by atoms with van der Waals surface area (Å²) in [6.07, 6.45) is 0.0948.